The second kappa shape index (κ2) is 7.99. The monoisotopic (exact) mass is 351 g/mol. The average Bonchev–Trinajstić information content (AvgIpc) is 3.04. The topological polar surface area (TPSA) is 75.4 Å². The Hall–Kier alpha value is -1.59. The van der Waals surface area contributed by atoms with Gasteiger partial charge in [-0.2, -0.15) is 0 Å². The number of nitrogens with one attached hydrogen (secondary N) is 1. The highest BCUT2D eigenvalue weighted by atomic mass is 35.5. The Bertz CT molecular complexity index is 565. The highest BCUT2D eigenvalue weighted by Crippen LogP contribution is 2.27. The molecule has 0 spiro atoms. The zero-order valence-corrected chi connectivity index (χ0v) is 14.7. The van der Waals surface area contributed by atoms with Crippen molar-refractivity contribution < 1.29 is 9.59 Å². The lowest BCUT2D eigenvalue weighted by Gasteiger charge is -2.34. The molecule has 3 N–H and O–H groups in total. The summed E-state index contributed by atoms with van der Waals surface area (Å²) in [5.74, 6) is 0.0595. The van der Waals surface area contributed by atoms with Crippen molar-refractivity contribution in [1.29, 1.82) is 0 Å². The van der Waals surface area contributed by atoms with E-state index in [1.165, 1.54) is 0 Å². The molecule has 24 heavy (non-hydrogen) atoms. The SMILES string of the molecule is Cl.NC1(C(=O)NC2CCN(C(=O)c3ccccc3)CC2)CCCC1. The maximum Gasteiger partial charge on any atom is 0.253 e. The van der Waals surface area contributed by atoms with Crippen molar-refractivity contribution in [2.24, 2.45) is 5.73 Å². The zero-order chi connectivity index (χ0) is 16.3. The number of amides is 2. The quantitative estimate of drug-likeness (QED) is 0.875. The molecule has 3 rings (SSSR count). The molecule has 2 aliphatic rings. The van der Waals surface area contributed by atoms with Gasteiger partial charge in [-0.05, 0) is 37.8 Å². The van der Waals surface area contributed by atoms with E-state index in [9.17, 15) is 9.59 Å². The molecule has 1 aromatic carbocycles. The molecular formula is C18H26ClN3O2. The summed E-state index contributed by atoms with van der Waals surface area (Å²) in [6.45, 7) is 1.35. The standard InChI is InChI=1S/C18H25N3O2.ClH/c19-18(10-4-5-11-18)17(23)20-15-8-12-21(13-9-15)16(22)14-6-2-1-3-7-14;/h1-3,6-7,15H,4-5,8-13,19H2,(H,20,23);1H. The first-order valence-corrected chi connectivity index (χ1v) is 8.53. The number of rotatable bonds is 3. The van der Waals surface area contributed by atoms with E-state index in [0.717, 1.165) is 44.1 Å². The van der Waals surface area contributed by atoms with Crippen LogP contribution < -0.4 is 11.1 Å². The third-order valence-corrected chi connectivity index (χ3v) is 5.09. The largest absolute Gasteiger partial charge is 0.352 e. The fraction of sp³-hybridized carbons (Fsp3) is 0.556. The van der Waals surface area contributed by atoms with Gasteiger partial charge in [0.15, 0.2) is 0 Å². The van der Waals surface area contributed by atoms with Gasteiger partial charge < -0.3 is 16.0 Å². The summed E-state index contributed by atoms with van der Waals surface area (Å²) in [6, 6.07) is 9.47. The van der Waals surface area contributed by atoms with Gasteiger partial charge in [-0.25, -0.2) is 0 Å². The van der Waals surface area contributed by atoms with Crippen LogP contribution in [0.3, 0.4) is 0 Å². The van der Waals surface area contributed by atoms with E-state index in [1.54, 1.807) is 0 Å². The van der Waals surface area contributed by atoms with Crippen LogP contribution in [-0.2, 0) is 4.79 Å². The van der Waals surface area contributed by atoms with E-state index in [1.807, 2.05) is 35.2 Å². The number of hydrogen-bond donors (Lipinski definition) is 2. The van der Waals surface area contributed by atoms with Crippen LogP contribution in [0.5, 0.6) is 0 Å². The molecule has 132 valence electrons. The van der Waals surface area contributed by atoms with Gasteiger partial charge in [-0.15, -0.1) is 12.4 Å². The zero-order valence-electron chi connectivity index (χ0n) is 13.9. The van der Waals surface area contributed by atoms with Crippen LogP contribution in [0.1, 0.15) is 48.9 Å². The van der Waals surface area contributed by atoms with Gasteiger partial charge in [-0.1, -0.05) is 31.0 Å². The van der Waals surface area contributed by atoms with Crippen LogP contribution in [-0.4, -0.2) is 41.4 Å². The van der Waals surface area contributed by atoms with E-state index < -0.39 is 5.54 Å². The van der Waals surface area contributed by atoms with Gasteiger partial charge in [0, 0.05) is 24.7 Å². The first-order valence-electron chi connectivity index (χ1n) is 8.53. The van der Waals surface area contributed by atoms with Gasteiger partial charge in [0.05, 0.1) is 5.54 Å². The number of hydrogen-bond acceptors (Lipinski definition) is 3. The van der Waals surface area contributed by atoms with Crippen LogP contribution in [0.25, 0.3) is 0 Å². The highest BCUT2D eigenvalue weighted by Gasteiger charge is 2.38. The van der Waals surface area contributed by atoms with Crippen molar-refractivity contribution in [2.45, 2.75) is 50.1 Å². The number of nitrogens with zero attached hydrogens (tertiary/aromatic N) is 1. The molecule has 1 saturated heterocycles. The molecule has 1 saturated carbocycles. The molecule has 1 aliphatic heterocycles. The molecule has 0 atom stereocenters. The molecule has 0 radical (unpaired) electrons. The normalized spacial score (nSPS) is 20.3. The van der Waals surface area contributed by atoms with Crippen molar-refractivity contribution in [3.05, 3.63) is 35.9 Å². The predicted octanol–water partition coefficient (Wildman–Crippen LogP) is 2.10. The molecule has 2 fully saturated rings. The second-order valence-electron chi connectivity index (χ2n) is 6.77. The summed E-state index contributed by atoms with van der Waals surface area (Å²) in [6.07, 6.45) is 5.22. The fourth-order valence-corrected chi connectivity index (χ4v) is 3.55. The first kappa shape index (κ1) is 18.7. The maximum absolute atomic E-state index is 12.4. The Labute approximate surface area is 149 Å². The molecular weight excluding hydrogens is 326 g/mol. The van der Waals surface area contributed by atoms with Crippen molar-refractivity contribution in [1.82, 2.24) is 10.2 Å². The lowest BCUT2D eigenvalue weighted by molar-refractivity contribution is -0.127. The van der Waals surface area contributed by atoms with E-state index >= 15 is 0 Å². The Morgan fingerprint density at radius 2 is 1.67 bits per heavy atom. The fourth-order valence-electron chi connectivity index (χ4n) is 3.55. The minimum Gasteiger partial charge on any atom is -0.352 e. The smallest absolute Gasteiger partial charge is 0.253 e. The van der Waals surface area contributed by atoms with Gasteiger partial charge in [0.1, 0.15) is 0 Å². The molecule has 1 heterocycles. The van der Waals surface area contributed by atoms with Crippen LogP contribution in [0.15, 0.2) is 30.3 Å². The number of carbonyl (C=O) groups excluding carboxylic acids is 2. The minimum atomic E-state index is -0.670. The molecule has 0 bridgehead atoms. The Balaban J connectivity index is 0.00000208. The van der Waals surface area contributed by atoms with Crippen LogP contribution in [0.4, 0.5) is 0 Å². The highest BCUT2D eigenvalue weighted by molar-refractivity contribution is 5.94. The molecule has 2 amide bonds. The van der Waals surface area contributed by atoms with Crippen molar-refractivity contribution in [3.63, 3.8) is 0 Å². The number of likely N-dealkylation sites (tertiary alicyclic amines) is 1. The van der Waals surface area contributed by atoms with E-state index in [2.05, 4.69) is 5.32 Å². The maximum atomic E-state index is 12.4. The van der Waals surface area contributed by atoms with Gasteiger partial charge in [0.25, 0.3) is 5.91 Å². The lowest BCUT2D eigenvalue weighted by Crippen LogP contribution is -2.56. The summed E-state index contributed by atoms with van der Waals surface area (Å²) in [4.78, 5) is 26.6. The minimum absolute atomic E-state index is 0. The number of carbonyl (C=O) groups is 2. The molecule has 0 aromatic heterocycles. The van der Waals surface area contributed by atoms with Gasteiger partial charge in [0.2, 0.25) is 5.91 Å². The Morgan fingerprint density at radius 1 is 1.08 bits per heavy atom. The molecule has 1 aromatic rings. The summed E-state index contributed by atoms with van der Waals surface area (Å²) >= 11 is 0. The van der Waals surface area contributed by atoms with Crippen molar-refractivity contribution >= 4 is 24.2 Å². The first-order chi connectivity index (χ1) is 11.1. The molecule has 6 heteroatoms. The third-order valence-electron chi connectivity index (χ3n) is 5.09. The van der Waals surface area contributed by atoms with Crippen LogP contribution >= 0.6 is 12.4 Å². The molecule has 1 aliphatic carbocycles. The van der Waals surface area contributed by atoms with Crippen LogP contribution in [0, 0.1) is 0 Å². The van der Waals surface area contributed by atoms with Crippen molar-refractivity contribution in [2.75, 3.05) is 13.1 Å². The summed E-state index contributed by atoms with van der Waals surface area (Å²) < 4.78 is 0. The Morgan fingerprint density at radius 3 is 2.25 bits per heavy atom. The number of halogens is 1. The lowest BCUT2D eigenvalue weighted by atomic mass is 9.96. The average molecular weight is 352 g/mol. The summed E-state index contributed by atoms with van der Waals surface area (Å²) in [5.41, 5.74) is 6.25. The van der Waals surface area contributed by atoms with Gasteiger partial charge >= 0.3 is 0 Å². The predicted molar refractivity (Wildman–Crippen MR) is 96.1 cm³/mol. The Kier molecular flexibility index (Phi) is 6.24. The van der Waals surface area contributed by atoms with E-state index in [-0.39, 0.29) is 30.3 Å². The second-order valence-corrected chi connectivity index (χ2v) is 6.77. The van der Waals surface area contributed by atoms with Crippen LogP contribution in [0.2, 0.25) is 0 Å². The van der Waals surface area contributed by atoms with E-state index in [0.29, 0.717) is 13.1 Å². The summed E-state index contributed by atoms with van der Waals surface area (Å²) in [5, 5.41) is 3.10. The number of benzene rings is 1. The van der Waals surface area contributed by atoms with Crippen molar-refractivity contribution in [3.8, 4) is 0 Å². The summed E-state index contributed by atoms with van der Waals surface area (Å²) in [7, 11) is 0. The molecule has 5 nitrogen and oxygen atoms in total. The molecule has 0 unspecified atom stereocenters. The van der Waals surface area contributed by atoms with Gasteiger partial charge in [-0.3, -0.25) is 9.59 Å². The number of piperidine rings is 1. The third kappa shape index (κ3) is 4.08. The number of nitrogens with two attached hydrogens (primary N) is 1. The van der Waals surface area contributed by atoms with E-state index in [4.69, 9.17) is 5.73 Å².